The van der Waals surface area contributed by atoms with Crippen LogP contribution in [0.15, 0.2) is 36.7 Å². The number of imidazole rings is 1. The summed E-state index contributed by atoms with van der Waals surface area (Å²) >= 11 is 0. The summed E-state index contributed by atoms with van der Waals surface area (Å²) in [4.78, 5) is 21.4. The van der Waals surface area contributed by atoms with Gasteiger partial charge >= 0.3 is 6.18 Å². The summed E-state index contributed by atoms with van der Waals surface area (Å²) in [5.41, 5.74) is -0.738. The van der Waals surface area contributed by atoms with Crippen LogP contribution in [0.1, 0.15) is 17.8 Å². The Morgan fingerprint density at radius 2 is 2.09 bits per heavy atom. The van der Waals surface area contributed by atoms with Crippen molar-refractivity contribution in [2.45, 2.75) is 19.1 Å². The Bertz CT molecular complexity index is 915. The largest absolute Gasteiger partial charge is 0.493 e. The Hall–Kier alpha value is -2.59. The van der Waals surface area contributed by atoms with Crippen molar-refractivity contribution >= 4 is 5.91 Å². The highest BCUT2D eigenvalue weighted by Gasteiger charge is 2.33. The summed E-state index contributed by atoms with van der Waals surface area (Å²) in [7, 11) is 5.82. The van der Waals surface area contributed by atoms with Gasteiger partial charge in [-0.25, -0.2) is 4.98 Å². The Balaban J connectivity index is 1.65. The second-order valence-corrected chi connectivity index (χ2v) is 8.88. The minimum Gasteiger partial charge on any atom is -0.493 e. The van der Waals surface area contributed by atoms with Gasteiger partial charge < -0.3 is 19.5 Å². The first kappa shape index (κ1) is 25.0. The van der Waals surface area contributed by atoms with Gasteiger partial charge in [0.1, 0.15) is 11.6 Å². The summed E-state index contributed by atoms with van der Waals surface area (Å²) < 4.78 is 46.7. The molecule has 182 valence electrons. The van der Waals surface area contributed by atoms with Crippen LogP contribution >= 0.6 is 0 Å². The van der Waals surface area contributed by atoms with Crippen LogP contribution in [0, 0.1) is 11.8 Å². The van der Waals surface area contributed by atoms with Crippen LogP contribution < -0.4 is 10.1 Å². The van der Waals surface area contributed by atoms with E-state index >= 15 is 0 Å². The molecule has 0 bridgehead atoms. The molecule has 7 nitrogen and oxygen atoms in total. The lowest BCUT2D eigenvalue weighted by Gasteiger charge is -2.37. The molecule has 1 aromatic carbocycles. The van der Waals surface area contributed by atoms with Crippen LogP contribution in [0.3, 0.4) is 0 Å². The number of benzene rings is 1. The summed E-state index contributed by atoms with van der Waals surface area (Å²) in [5.74, 6) is 0.833. The third-order valence-electron chi connectivity index (χ3n) is 5.77. The molecule has 0 unspecified atom stereocenters. The average molecular weight is 468 g/mol. The summed E-state index contributed by atoms with van der Waals surface area (Å²) in [6.45, 7) is 3.41. The van der Waals surface area contributed by atoms with E-state index in [1.807, 2.05) is 36.8 Å². The predicted octanol–water partition coefficient (Wildman–Crippen LogP) is 2.63. The molecule has 0 spiro atoms. The highest BCUT2D eigenvalue weighted by molar-refractivity contribution is 5.79. The van der Waals surface area contributed by atoms with Gasteiger partial charge in [-0.2, -0.15) is 13.2 Å². The molecule has 1 aromatic heterocycles. The zero-order chi connectivity index (χ0) is 24.0. The standard InChI is InChI=1S/C23H32F3N5O2/c1-29(2)9-7-28-22(32)18-11-17(13-31(14-18)15-21-27-8-10-30(21)3)16-33-20-6-4-5-19(12-20)23(24,25)26/h4-6,8,10,12,17-18H,7,9,11,13-16H2,1-3H3,(H,28,32)/t17-,18+/m0/s1. The summed E-state index contributed by atoms with van der Waals surface area (Å²) in [5, 5.41) is 3.00. The molecule has 2 heterocycles. The van der Waals surface area contributed by atoms with Crippen LogP contribution in [-0.2, 0) is 24.6 Å². The lowest BCUT2D eigenvalue weighted by atomic mass is 9.89. The van der Waals surface area contributed by atoms with Crippen molar-refractivity contribution < 1.29 is 22.7 Å². The molecular weight excluding hydrogens is 435 g/mol. The highest BCUT2D eigenvalue weighted by Crippen LogP contribution is 2.32. The summed E-state index contributed by atoms with van der Waals surface area (Å²) in [6, 6.07) is 4.90. The van der Waals surface area contributed by atoms with E-state index in [0.717, 1.165) is 24.5 Å². The normalized spacial score (nSPS) is 19.6. The van der Waals surface area contributed by atoms with E-state index in [2.05, 4.69) is 15.2 Å². The van der Waals surface area contributed by atoms with Gasteiger partial charge in [-0.15, -0.1) is 0 Å². The Labute approximate surface area is 192 Å². The van der Waals surface area contributed by atoms with E-state index in [9.17, 15) is 18.0 Å². The molecule has 1 amide bonds. The zero-order valence-corrected chi connectivity index (χ0v) is 19.3. The molecule has 3 rings (SSSR count). The number of piperidine rings is 1. The number of aromatic nitrogens is 2. The number of carbonyl (C=O) groups is 1. The smallest absolute Gasteiger partial charge is 0.416 e. The van der Waals surface area contributed by atoms with Crippen LogP contribution in [-0.4, -0.2) is 72.1 Å². The van der Waals surface area contributed by atoms with E-state index in [1.165, 1.54) is 12.1 Å². The number of alkyl halides is 3. The van der Waals surface area contributed by atoms with Crippen molar-refractivity contribution in [3.63, 3.8) is 0 Å². The molecule has 1 saturated heterocycles. The number of halogens is 3. The zero-order valence-electron chi connectivity index (χ0n) is 19.3. The van der Waals surface area contributed by atoms with E-state index < -0.39 is 11.7 Å². The van der Waals surface area contributed by atoms with Gasteiger partial charge in [0.15, 0.2) is 0 Å². The van der Waals surface area contributed by atoms with Gasteiger partial charge in [0.05, 0.1) is 24.6 Å². The average Bonchev–Trinajstić information content (AvgIpc) is 3.15. The first-order valence-electron chi connectivity index (χ1n) is 11.0. The second kappa shape index (κ2) is 11.0. The molecule has 1 aliphatic rings. The quantitative estimate of drug-likeness (QED) is 0.615. The number of hydrogen-bond acceptors (Lipinski definition) is 5. The van der Waals surface area contributed by atoms with Crippen LogP contribution in [0.4, 0.5) is 13.2 Å². The van der Waals surface area contributed by atoms with Gasteiger partial charge in [0.2, 0.25) is 5.91 Å². The molecule has 0 saturated carbocycles. The molecule has 33 heavy (non-hydrogen) atoms. The van der Waals surface area contributed by atoms with E-state index in [-0.39, 0.29) is 30.1 Å². The fourth-order valence-corrected chi connectivity index (χ4v) is 4.01. The molecule has 1 N–H and O–H groups in total. The molecule has 0 radical (unpaired) electrons. The number of amides is 1. The SMILES string of the molecule is CN(C)CCNC(=O)[C@@H]1C[C@H](COc2cccc(C(F)(F)F)c2)CN(Cc2nccn2C)C1. The van der Waals surface area contributed by atoms with E-state index in [1.54, 1.807) is 6.20 Å². The van der Waals surface area contributed by atoms with Crippen molar-refractivity contribution in [3.8, 4) is 5.75 Å². The van der Waals surface area contributed by atoms with Gasteiger partial charge in [-0.05, 0) is 38.7 Å². The van der Waals surface area contributed by atoms with Gasteiger partial charge in [-0.3, -0.25) is 9.69 Å². The lowest BCUT2D eigenvalue weighted by molar-refractivity contribution is -0.137. The van der Waals surface area contributed by atoms with Crippen LogP contribution in [0.25, 0.3) is 0 Å². The number of likely N-dealkylation sites (tertiary alicyclic amines) is 1. The Morgan fingerprint density at radius 3 is 2.76 bits per heavy atom. The fraction of sp³-hybridized carbons (Fsp3) is 0.565. The van der Waals surface area contributed by atoms with Crippen molar-refractivity contribution in [1.29, 1.82) is 0 Å². The number of hydrogen-bond donors (Lipinski definition) is 1. The minimum atomic E-state index is -4.42. The van der Waals surface area contributed by atoms with Gasteiger partial charge in [0, 0.05) is 51.5 Å². The van der Waals surface area contributed by atoms with Crippen molar-refractivity contribution in [1.82, 2.24) is 24.7 Å². The minimum absolute atomic E-state index is 0.00170. The second-order valence-electron chi connectivity index (χ2n) is 8.88. The Morgan fingerprint density at radius 1 is 1.30 bits per heavy atom. The number of nitrogens with one attached hydrogen (secondary N) is 1. The van der Waals surface area contributed by atoms with Gasteiger partial charge in [0.25, 0.3) is 0 Å². The number of rotatable bonds is 9. The maximum Gasteiger partial charge on any atom is 0.416 e. The maximum atomic E-state index is 13.0. The molecule has 2 atom stereocenters. The molecular formula is C23H32F3N5O2. The third-order valence-corrected chi connectivity index (χ3v) is 5.77. The topological polar surface area (TPSA) is 62.6 Å². The number of nitrogens with zero attached hydrogens (tertiary/aromatic N) is 4. The third kappa shape index (κ3) is 7.46. The first-order chi connectivity index (χ1) is 15.6. The summed E-state index contributed by atoms with van der Waals surface area (Å²) in [6.07, 6.45) is -0.194. The van der Waals surface area contributed by atoms with E-state index in [0.29, 0.717) is 32.6 Å². The van der Waals surface area contributed by atoms with Crippen molar-refractivity contribution in [3.05, 3.63) is 48.0 Å². The first-order valence-corrected chi connectivity index (χ1v) is 11.0. The van der Waals surface area contributed by atoms with Gasteiger partial charge in [-0.1, -0.05) is 6.07 Å². The highest BCUT2D eigenvalue weighted by atomic mass is 19.4. The Kier molecular flexibility index (Phi) is 8.36. The number of aryl methyl sites for hydroxylation is 1. The molecule has 10 heteroatoms. The maximum absolute atomic E-state index is 13.0. The number of ether oxygens (including phenoxy) is 1. The van der Waals surface area contributed by atoms with Crippen LogP contribution in [0.5, 0.6) is 5.75 Å². The van der Waals surface area contributed by atoms with Crippen LogP contribution in [0.2, 0.25) is 0 Å². The number of carbonyl (C=O) groups excluding carboxylic acids is 1. The predicted molar refractivity (Wildman–Crippen MR) is 119 cm³/mol. The molecule has 1 fully saturated rings. The van der Waals surface area contributed by atoms with E-state index in [4.69, 9.17) is 4.74 Å². The van der Waals surface area contributed by atoms with Crippen molar-refractivity contribution in [2.24, 2.45) is 18.9 Å². The molecule has 1 aliphatic heterocycles. The lowest BCUT2D eigenvalue weighted by Crippen LogP contribution is -2.48. The molecule has 2 aromatic rings. The number of likely N-dealkylation sites (N-methyl/N-ethyl adjacent to an activating group) is 1. The fourth-order valence-electron chi connectivity index (χ4n) is 4.01. The molecule has 0 aliphatic carbocycles. The van der Waals surface area contributed by atoms with Crippen molar-refractivity contribution in [2.75, 3.05) is 46.9 Å². The monoisotopic (exact) mass is 467 g/mol.